The van der Waals surface area contributed by atoms with E-state index in [-0.39, 0.29) is 45.7 Å². The number of hydrogen-bond acceptors (Lipinski definition) is 10. The first kappa shape index (κ1) is 39.1. The lowest BCUT2D eigenvalue weighted by molar-refractivity contribution is -0.364. The van der Waals surface area contributed by atoms with Crippen molar-refractivity contribution in [2.45, 2.75) is 181 Å². The van der Waals surface area contributed by atoms with Crippen molar-refractivity contribution in [3.8, 4) is 0 Å². The molecule has 11 nitrogen and oxygen atoms in total. The number of carboxylic acids is 1. The summed E-state index contributed by atoms with van der Waals surface area (Å²) in [4.78, 5) is 13.0. The van der Waals surface area contributed by atoms with E-state index < -0.39 is 66.7 Å². The molecule has 0 amide bonds. The van der Waals surface area contributed by atoms with Crippen LogP contribution in [-0.2, 0) is 23.7 Å². The van der Waals surface area contributed by atoms with Crippen LogP contribution in [0.3, 0.4) is 0 Å². The van der Waals surface area contributed by atoms with Crippen LogP contribution in [0.25, 0.3) is 0 Å². The molecule has 0 unspecified atom stereocenters. The van der Waals surface area contributed by atoms with Gasteiger partial charge in [0.25, 0.3) is 0 Å². The highest BCUT2D eigenvalue weighted by Gasteiger charge is 2.69. The molecule has 0 aromatic carbocycles. The Morgan fingerprint density at radius 1 is 0.788 bits per heavy atom. The van der Waals surface area contributed by atoms with Gasteiger partial charge in [0, 0.05) is 0 Å². The van der Waals surface area contributed by atoms with Gasteiger partial charge in [-0.2, -0.15) is 0 Å². The highest BCUT2D eigenvalue weighted by molar-refractivity contribution is 5.76. The normalized spacial score (nSPS) is 54.1. The molecule has 2 heterocycles. The number of carbonyl (C=O) groups is 1. The lowest BCUT2D eigenvalue weighted by atomic mass is 9.33. The minimum absolute atomic E-state index is 0.0146. The van der Waals surface area contributed by atoms with Gasteiger partial charge < -0.3 is 49.6 Å². The summed E-state index contributed by atoms with van der Waals surface area (Å²) in [7, 11) is 0. The van der Waals surface area contributed by atoms with Gasteiger partial charge in [0.1, 0.15) is 36.6 Å². The monoisotopic (exact) mass is 734 g/mol. The van der Waals surface area contributed by atoms with Gasteiger partial charge in [-0.1, -0.05) is 60.1 Å². The molecule has 4 saturated carbocycles. The fraction of sp³-hybridized carbons (Fsp3) is 0.927. The molecule has 5 aliphatic carbocycles. The lowest BCUT2D eigenvalue weighted by Gasteiger charge is -2.71. The molecule has 52 heavy (non-hydrogen) atoms. The third-order valence-corrected chi connectivity index (χ3v) is 16.8. The van der Waals surface area contributed by atoms with Crippen LogP contribution in [-0.4, -0.2) is 105 Å². The Morgan fingerprint density at radius 2 is 1.48 bits per heavy atom. The van der Waals surface area contributed by atoms with Gasteiger partial charge in [-0.15, -0.1) is 0 Å². The first-order valence-corrected chi connectivity index (χ1v) is 20.1. The molecule has 0 radical (unpaired) electrons. The minimum atomic E-state index is -1.58. The van der Waals surface area contributed by atoms with Gasteiger partial charge in [-0.3, -0.25) is 4.79 Å². The van der Waals surface area contributed by atoms with Crippen LogP contribution in [0.5, 0.6) is 0 Å². The number of aliphatic carboxylic acids is 1. The molecule has 2 aliphatic heterocycles. The zero-order valence-electron chi connectivity index (χ0n) is 32.6. The third-order valence-electron chi connectivity index (χ3n) is 16.8. The van der Waals surface area contributed by atoms with Gasteiger partial charge >= 0.3 is 5.97 Å². The van der Waals surface area contributed by atoms with Gasteiger partial charge in [-0.25, -0.2) is 0 Å². The summed E-state index contributed by atoms with van der Waals surface area (Å²) in [5.41, 5.74) is 0.579. The van der Waals surface area contributed by atoms with Crippen molar-refractivity contribution in [2.24, 2.45) is 50.2 Å². The average molecular weight is 735 g/mol. The number of rotatable bonds is 5. The van der Waals surface area contributed by atoms with E-state index in [2.05, 4.69) is 54.5 Å². The van der Waals surface area contributed by atoms with Crippen LogP contribution in [0.1, 0.15) is 120 Å². The maximum atomic E-state index is 13.0. The summed E-state index contributed by atoms with van der Waals surface area (Å²) in [6, 6.07) is 0. The third kappa shape index (κ3) is 5.64. The number of allylic oxidation sites excluding steroid dienone is 2. The number of ether oxygens (including phenoxy) is 4. The van der Waals surface area contributed by atoms with Crippen molar-refractivity contribution < 1.29 is 54.4 Å². The molecular weight excluding hydrogens is 668 g/mol. The van der Waals surface area contributed by atoms with E-state index >= 15 is 0 Å². The van der Waals surface area contributed by atoms with E-state index in [1.54, 1.807) is 6.92 Å². The summed E-state index contributed by atoms with van der Waals surface area (Å²) in [6.07, 6.45) is -0.253. The first-order chi connectivity index (χ1) is 24.1. The Morgan fingerprint density at radius 3 is 2.17 bits per heavy atom. The van der Waals surface area contributed by atoms with Crippen molar-refractivity contribution in [2.75, 3.05) is 6.61 Å². The molecule has 11 heteroatoms. The summed E-state index contributed by atoms with van der Waals surface area (Å²) in [5, 5.41) is 63.6. The predicted octanol–water partition coefficient (Wildman–Crippen LogP) is 4.55. The van der Waals surface area contributed by atoms with E-state index in [4.69, 9.17) is 18.9 Å². The largest absolute Gasteiger partial charge is 0.481 e. The maximum absolute atomic E-state index is 13.0. The summed E-state index contributed by atoms with van der Waals surface area (Å²) in [6.45, 7) is 18.1. The van der Waals surface area contributed by atoms with Gasteiger partial charge in [0.05, 0.1) is 24.2 Å². The SMILES string of the molecule is C[C@@H]1O[C@@H](O[C@H]2[C@H](O[C@H]3CC[C@@]4(C)[C@H](CC[C@]5(C)[C@H]4CC=C4[C@H]6CC(C)(C)CC[C@]6(C(=O)O)CC[C@]45C)C3(C)C)OC[C@H](O)[C@@H]2O)[C@H](O)[C@H](O)[C@H]1O. The Bertz CT molecular complexity index is 1410. The molecule has 0 bridgehead atoms. The summed E-state index contributed by atoms with van der Waals surface area (Å²) in [5.74, 6) is 0.219. The Hall–Kier alpha value is -1.15. The Labute approximate surface area is 309 Å². The van der Waals surface area contributed by atoms with E-state index in [0.717, 1.165) is 64.2 Å². The molecule has 6 N–H and O–H groups in total. The van der Waals surface area contributed by atoms with Crippen molar-refractivity contribution in [3.63, 3.8) is 0 Å². The smallest absolute Gasteiger partial charge is 0.310 e. The predicted molar refractivity (Wildman–Crippen MR) is 191 cm³/mol. The van der Waals surface area contributed by atoms with Crippen LogP contribution in [0.2, 0.25) is 0 Å². The highest BCUT2D eigenvalue weighted by atomic mass is 16.8. The van der Waals surface area contributed by atoms with Crippen LogP contribution in [0.15, 0.2) is 11.6 Å². The molecule has 2 saturated heterocycles. The Kier molecular flexibility index (Phi) is 9.74. The number of hydrogen-bond donors (Lipinski definition) is 6. The van der Waals surface area contributed by atoms with Crippen molar-refractivity contribution in [1.82, 2.24) is 0 Å². The van der Waals surface area contributed by atoms with E-state index in [1.165, 1.54) is 5.57 Å². The zero-order valence-corrected chi connectivity index (χ0v) is 32.6. The number of aliphatic hydroxyl groups is 5. The standard InChI is InChI=1S/C41H66O11/c1-21-28(43)30(45)31(46)33(50-21)52-32-29(44)24(42)20-49-34(32)51-27-12-13-38(6)25(37(27,4)5)11-14-40(8)26(38)10-9-22-23-19-36(2,3)15-17-41(23,35(47)48)18-16-39(22,40)7/h9,21,23-34,42-46H,10-20H2,1-8H3,(H,47,48)/t21-,23+,24-,25+,26-,27-,28-,29-,30+,31+,32+,33-,34-,38-,39+,40+,41-/m0/s1. The maximum Gasteiger partial charge on any atom is 0.310 e. The van der Waals surface area contributed by atoms with E-state index in [0.29, 0.717) is 11.8 Å². The van der Waals surface area contributed by atoms with Crippen LogP contribution >= 0.6 is 0 Å². The molecule has 296 valence electrons. The number of fused-ring (bicyclic) bond motifs is 7. The van der Waals surface area contributed by atoms with Crippen LogP contribution < -0.4 is 0 Å². The highest BCUT2D eigenvalue weighted by Crippen LogP contribution is 2.76. The van der Waals surface area contributed by atoms with Gasteiger partial charge in [0.15, 0.2) is 12.6 Å². The second-order valence-electron chi connectivity index (χ2n) is 20.2. The number of aliphatic hydroxyl groups excluding tert-OH is 5. The lowest BCUT2D eigenvalue weighted by Crippen LogP contribution is -2.66. The molecule has 17 atom stereocenters. The second kappa shape index (κ2) is 12.9. The zero-order chi connectivity index (χ0) is 38.0. The minimum Gasteiger partial charge on any atom is -0.481 e. The molecule has 6 fully saturated rings. The fourth-order valence-corrected chi connectivity index (χ4v) is 13.3. The molecule has 7 aliphatic rings. The topological polar surface area (TPSA) is 175 Å². The van der Waals surface area contributed by atoms with Crippen molar-refractivity contribution in [1.29, 1.82) is 0 Å². The van der Waals surface area contributed by atoms with Crippen LogP contribution in [0, 0.1) is 50.2 Å². The molecule has 0 aromatic heterocycles. The first-order valence-electron chi connectivity index (χ1n) is 20.1. The fourth-order valence-electron chi connectivity index (χ4n) is 13.3. The van der Waals surface area contributed by atoms with E-state index in [1.807, 2.05) is 0 Å². The number of carboxylic acid groups (broad SMARTS) is 1. The molecule has 0 aromatic rings. The second-order valence-corrected chi connectivity index (χ2v) is 20.2. The Balaban J connectivity index is 1.13. The average Bonchev–Trinajstić information content (AvgIpc) is 3.06. The van der Waals surface area contributed by atoms with Gasteiger partial charge in [0.2, 0.25) is 0 Å². The van der Waals surface area contributed by atoms with Crippen LogP contribution in [0.4, 0.5) is 0 Å². The summed E-state index contributed by atoms with van der Waals surface area (Å²) >= 11 is 0. The molecule has 0 spiro atoms. The van der Waals surface area contributed by atoms with Gasteiger partial charge in [-0.05, 0) is 116 Å². The van der Waals surface area contributed by atoms with Crippen molar-refractivity contribution >= 4 is 5.97 Å². The quantitative estimate of drug-likeness (QED) is 0.173. The molecule has 7 rings (SSSR count). The summed E-state index contributed by atoms with van der Waals surface area (Å²) < 4.78 is 24.5. The van der Waals surface area contributed by atoms with E-state index in [9.17, 15) is 35.4 Å². The molecular formula is C41H66O11. The van der Waals surface area contributed by atoms with Crippen molar-refractivity contribution in [3.05, 3.63) is 11.6 Å².